The van der Waals surface area contributed by atoms with Gasteiger partial charge < -0.3 is 10.2 Å². The van der Waals surface area contributed by atoms with Gasteiger partial charge in [-0.05, 0) is 74.5 Å². The average molecular weight is 497 g/mol. The van der Waals surface area contributed by atoms with Crippen LogP contribution in [0, 0.1) is 12.8 Å². The van der Waals surface area contributed by atoms with Gasteiger partial charge in [0, 0.05) is 37.1 Å². The third-order valence-electron chi connectivity index (χ3n) is 6.82. The van der Waals surface area contributed by atoms with Crippen molar-refractivity contribution >= 4 is 33.5 Å². The normalized spacial score (nSPS) is 18.3. The summed E-state index contributed by atoms with van der Waals surface area (Å²) in [5.74, 6) is 0.364. The van der Waals surface area contributed by atoms with Gasteiger partial charge in [-0.25, -0.2) is 8.42 Å². The van der Waals surface area contributed by atoms with Crippen molar-refractivity contribution in [2.24, 2.45) is 10.9 Å². The van der Waals surface area contributed by atoms with Crippen molar-refractivity contribution in [1.82, 2.24) is 10.2 Å². The molecule has 1 aliphatic heterocycles. The number of rotatable bonds is 6. The summed E-state index contributed by atoms with van der Waals surface area (Å²) in [6.07, 6.45) is 10.0. The molecule has 0 unspecified atom stereocenters. The first kappa shape index (κ1) is 25.4. The van der Waals surface area contributed by atoms with Crippen LogP contribution in [-0.2, 0) is 10.0 Å². The van der Waals surface area contributed by atoms with Gasteiger partial charge in [0.2, 0.25) is 0 Å². The number of carbonyl (C=O) groups excluding carboxylic acids is 1. The summed E-state index contributed by atoms with van der Waals surface area (Å²) < 4.78 is 29.3. The van der Waals surface area contributed by atoms with Gasteiger partial charge in [0.15, 0.2) is 0 Å². The largest absolute Gasteiger partial charge is 0.337 e. The maximum Gasteiger partial charge on any atom is 0.264 e. The molecule has 35 heavy (non-hydrogen) atoms. The fourth-order valence-corrected chi connectivity index (χ4v) is 6.06. The van der Waals surface area contributed by atoms with E-state index >= 15 is 0 Å². The minimum atomic E-state index is -3.85. The molecule has 2 aromatic carbocycles. The van der Waals surface area contributed by atoms with Crippen molar-refractivity contribution in [3.05, 3.63) is 53.6 Å². The number of hydrogen-bond donors (Lipinski definition) is 2. The summed E-state index contributed by atoms with van der Waals surface area (Å²) >= 11 is 0. The minimum Gasteiger partial charge on any atom is -0.337 e. The van der Waals surface area contributed by atoms with E-state index in [0.29, 0.717) is 29.4 Å². The summed E-state index contributed by atoms with van der Waals surface area (Å²) in [6.45, 7) is 4.97. The van der Waals surface area contributed by atoms with Crippen molar-refractivity contribution in [3.8, 4) is 0 Å². The van der Waals surface area contributed by atoms with E-state index in [1.165, 1.54) is 25.7 Å². The number of para-hydroxylation sites is 1. The molecule has 0 spiro atoms. The maximum atomic E-state index is 13.3. The second-order valence-electron chi connectivity index (χ2n) is 9.53. The molecule has 0 aromatic heterocycles. The van der Waals surface area contributed by atoms with Crippen molar-refractivity contribution in [2.45, 2.75) is 56.8 Å². The number of sulfonamides is 1. The summed E-state index contributed by atoms with van der Waals surface area (Å²) in [6, 6.07) is 11.9. The van der Waals surface area contributed by atoms with Crippen LogP contribution in [0.3, 0.4) is 0 Å². The SMILES string of the molecule is Cc1cccc(S(=O)(=O)Nc2ccc(C(=O)N3CCCNCC3)cc2)c1N=CC1CCCCCC1. The Bertz CT molecular complexity index is 1130. The number of hydrogen-bond acceptors (Lipinski definition) is 5. The Morgan fingerprint density at radius 1 is 1.00 bits per heavy atom. The summed E-state index contributed by atoms with van der Waals surface area (Å²) in [5, 5.41) is 3.29. The highest BCUT2D eigenvalue weighted by Crippen LogP contribution is 2.31. The van der Waals surface area contributed by atoms with Crippen LogP contribution in [0.25, 0.3) is 0 Å². The Labute approximate surface area is 209 Å². The van der Waals surface area contributed by atoms with Gasteiger partial charge in [-0.15, -0.1) is 0 Å². The Morgan fingerprint density at radius 2 is 1.74 bits per heavy atom. The predicted molar refractivity (Wildman–Crippen MR) is 141 cm³/mol. The summed E-state index contributed by atoms with van der Waals surface area (Å²) in [4.78, 5) is 19.5. The summed E-state index contributed by atoms with van der Waals surface area (Å²) in [5.41, 5.74) is 2.29. The predicted octanol–water partition coefficient (Wildman–Crippen LogP) is 4.90. The topological polar surface area (TPSA) is 90.9 Å². The highest BCUT2D eigenvalue weighted by Gasteiger charge is 2.21. The quantitative estimate of drug-likeness (QED) is 0.439. The smallest absolute Gasteiger partial charge is 0.264 e. The Balaban J connectivity index is 1.50. The van der Waals surface area contributed by atoms with Crippen molar-refractivity contribution in [1.29, 1.82) is 0 Å². The second-order valence-corrected chi connectivity index (χ2v) is 11.2. The van der Waals surface area contributed by atoms with E-state index < -0.39 is 10.0 Å². The van der Waals surface area contributed by atoms with Crippen LogP contribution >= 0.6 is 0 Å². The standard InChI is InChI=1S/C27H36N4O3S/c1-21-8-6-11-25(26(21)29-20-22-9-4-2-3-5-10-22)35(33,34)30-24-14-12-23(13-15-24)27(32)31-18-7-16-28-17-19-31/h6,8,11-15,20,22,28,30H,2-5,7,9-10,16-19H2,1H3. The van der Waals surface area contributed by atoms with Crippen LogP contribution in [0.15, 0.2) is 52.4 Å². The highest BCUT2D eigenvalue weighted by molar-refractivity contribution is 7.92. The van der Waals surface area contributed by atoms with E-state index in [2.05, 4.69) is 15.0 Å². The van der Waals surface area contributed by atoms with Crippen LogP contribution < -0.4 is 10.0 Å². The Hall–Kier alpha value is -2.71. The van der Waals surface area contributed by atoms with Gasteiger partial charge in [-0.1, -0.05) is 37.8 Å². The third kappa shape index (κ3) is 6.70. The molecular formula is C27H36N4O3S. The van der Waals surface area contributed by atoms with Crippen molar-refractivity contribution in [2.75, 3.05) is 30.9 Å². The third-order valence-corrected chi connectivity index (χ3v) is 8.23. The molecule has 4 rings (SSSR count). The van der Waals surface area contributed by atoms with E-state index in [0.717, 1.165) is 44.5 Å². The van der Waals surface area contributed by atoms with Gasteiger partial charge in [-0.3, -0.25) is 14.5 Å². The molecule has 0 bridgehead atoms. The van der Waals surface area contributed by atoms with Crippen LogP contribution in [0.1, 0.15) is 60.9 Å². The molecule has 2 N–H and O–H groups in total. The van der Waals surface area contributed by atoms with E-state index in [4.69, 9.17) is 0 Å². The molecule has 2 fully saturated rings. The lowest BCUT2D eigenvalue weighted by Crippen LogP contribution is -2.34. The zero-order chi connectivity index (χ0) is 24.7. The fourth-order valence-electron chi connectivity index (χ4n) is 4.78. The first-order chi connectivity index (χ1) is 16.9. The molecule has 1 saturated carbocycles. The lowest BCUT2D eigenvalue weighted by molar-refractivity contribution is 0.0766. The van der Waals surface area contributed by atoms with Gasteiger partial charge in [0.05, 0.1) is 5.69 Å². The molecule has 7 nitrogen and oxygen atoms in total. The molecule has 0 atom stereocenters. The number of nitrogens with one attached hydrogen (secondary N) is 2. The average Bonchev–Trinajstić information content (AvgIpc) is 3.28. The molecule has 2 aliphatic rings. The van der Waals surface area contributed by atoms with Gasteiger partial charge >= 0.3 is 0 Å². The molecule has 0 radical (unpaired) electrons. The lowest BCUT2D eigenvalue weighted by Gasteiger charge is -2.20. The first-order valence-electron chi connectivity index (χ1n) is 12.7. The van der Waals surface area contributed by atoms with E-state index in [9.17, 15) is 13.2 Å². The monoisotopic (exact) mass is 496 g/mol. The Morgan fingerprint density at radius 3 is 2.49 bits per heavy atom. The van der Waals surface area contributed by atoms with Crippen LogP contribution in [-0.4, -0.2) is 51.6 Å². The molecule has 1 saturated heterocycles. The Kier molecular flexibility index (Phi) is 8.57. The zero-order valence-corrected chi connectivity index (χ0v) is 21.3. The number of carbonyl (C=O) groups is 1. The molecule has 2 aromatic rings. The maximum absolute atomic E-state index is 13.3. The van der Waals surface area contributed by atoms with E-state index in [1.807, 2.05) is 24.1 Å². The molecule has 1 aliphatic carbocycles. The number of anilines is 1. The second kappa shape index (κ2) is 11.8. The van der Waals surface area contributed by atoms with Gasteiger partial charge in [0.25, 0.3) is 15.9 Å². The van der Waals surface area contributed by atoms with E-state index in [1.54, 1.807) is 36.4 Å². The van der Waals surface area contributed by atoms with Crippen molar-refractivity contribution < 1.29 is 13.2 Å². The van der Waals surface area contributed by atoms with Crippen LogP contribution in [0.5, 0.6) is 0 Å². The lowest BCUT2D eigenvalue weighted by atomic mass is 10.0. The number of benzene rings is 2. The minimum absolute atomic E-state index is 0.0306. The highest BCUT2D eigenvalue weighted by atomic mass is 32.2. The molecular weight excluding hydrogens is 460 g/mol. The van der Waals surface area contributed by atoms with Gasteiger partial charge in [-0.2, -0.15) is 0 Å². The molecule has 1 amide bonds. The number of amides is 1. The number of nitrogens with zero attached hydrogens (tertiary/aromatic N) is 2. The summed E-state index contributed by atoms with van der Waals surface area (Å²) in [7, 11) is -3.85. The number of aryl methyl sites for hydroxylation is 1. The van der Waals surface area contributed by atoms with Crippen LogP contribution in [0.2, 0.25) is 0 Å². The van der Waals surface area contributed by atoms with Gasteiger partial charge in [0.1, 0.15) is 4.90 Å². The fraction of sp³-hybridized carbons (Fsp3) is 0.481. The van der Waals surface area contributed by atoms with E-state index in [-0.39, 0.29) is 10.8 Å². The van der Waals surface area contributed by atoms with Crippen molar-refractivity contribution in [3.63, 3.8) is 0 Å². The molecule has 1 heterocycles. The van der Waals surface area contributed by atoms with Crippen LogP contribution in [0.4, 0.5) is 11.4 Å². The molecule has 8 heteroatoms. The zero-order valence-electron chi connectivity index (χ0n) is 20.5. The first-order valence-corrected chi connectivity index (χ1v) is 14.2. The molecule has 188 valence electrons. The number of aliphatic imine (C=N–C) groups is 1.